The summed E-state index contributed by atoms with van der Waals surface area (Å²) in [6.45, 7) is 6.15. The molecule has 0 unspecified atom stereocenters. The zero-order valence-corrected chi connectivity index (χ0v) is 10.8. The van der Waals surface area contributed by atoms with Crippen LogP contribution < -0.4 is 0 Å². The van der Waals surface area contributed by atoms with Crippen LogP contribution in [0.4, 0.5) is 0 Å². The summed E-state index contributed by atoms with van der Waals surface area (Å²) < 4.78 is 22.1. The van der Waals surface area contributed by atoms with Crippen molar-refractivity contribution in [1.29, 1.82) is 0 Å². The predicted octanol–water partition coefficient (Wildman–Crippen LogP) is 3.15. The summed E-state index contributed by atoms with van der Waals surface area (Å²) in [5, 5.41) is 9.74. The topological polar surface area (TPSA) is 55.8 Å². The monoisotopic (exact) mass is 238 g/mol. The van der Waals surface area contributed by atoms with Crippen molar-refractivity contribution in [3.63, 3.8) is 0 Å². The third kappa shape index (κ3) is 5.67. The molecule has 0 aliphatic rings. The highest BCUT2D eigenvalue weighted by atomic mass is 31.2. The molecule has 0 aromatic carbocycles. The van der Waals surface area contributed by atoms with Gasteiger partial charge in [-0.2, -0.15) is 0 Å². The number of rotatable bonds is 9. The van der Waals surface area contributed by atoms with Gasteiger partial charge in [-0.3, -0.25) is 4.57 Å². The van der Waals surface area contributed by atoms with Crippen LogP contribution in [-0.2, 0) is 13.6 Å². The minimum atomic E-state index is -3.30. The van der Waals surface area contributed by atoms with Crippen LogP contribution in [0.25, 0.3) is 0 Å². The second kappa shape index (κ2) is 8.28. The molecular formula is C10H23O4P. The van der Waals surface area contributed by atoms with Crippen molar-refractivity contribution in [2.45, 2.75) is 52.3 Å². The summed E-state index contributed by atoms with van der Waals surface area (Å²) in [5.41, 5.74) is 0. The minimum Gasteiger partial charge on any atom is -0.380 e. The molecule has 0 aromatic heterocycles. The molecule has 0 saturated heterocycles. The Morgan fingerprint density at radius 1 is 1.13 bits per heavy atom. The molecule has 4 nitrogen and oxygen atoms in total. The standard InChI is InChI=1S/C10H23O4P/c1-4-7-8-9-10(11)15(12,13-5-2)14-6-3/h10-11H,4-9H2,1-3H3/t10-/m0/s1. The van der Waals surface area contributed by atoms with E-state index >= 15 is 0 Å². The lowest BCUT2D eigenvalue weighted by atomic mass is 10.2. The third-order valence-electron chi connectivity index (χ3n) is 2.05. The lowest BCUT2D eigenvalue weighted by molar-refractivity contribution is 0.142. The Bertz CT molecular complexity index is 186. The largest absolute Gasteiger partial charge is 0.380 e. The van der Waals surface area contributed by atoms with Crippen LogP contribution in [0.1, 0.15) is 46.5 Å². The van der Waals surface area contributed by atoms with Gasteiger partial charge in [0.05, 0.1) is 13.2 Å². The average Bonchev–Trinajstić information content (AvgIpc) is 2.18. The van der Waals surface area contributed by atoms with Crippen molar-refractivity contribution in [3.8, 4) is 0 Å². The SMILES string of the molecule is CCCCC[C@@H](O)P(=O)(OCC)OCC. The van der Waals surface area contributed by atoms with Crippen LogP contribution in [0.2, 0.25) is 0 Å². The maximum atomic E-state index is 12.0. The molecule has 0 aromatic rings. The minimum absolute atomic E-state index is 0.294. The van der Waals surface area contributed by atoms with Crippen molar-refractivity contribution in [1.82, 2.24) is 0 Å². The first-order chi connectivity index (χ1) is 7.10. The van der Waals surface area contributed by atoms with Gasteiger partial charge in [0, 0.05) is 0 Å². The molecule has 0 fully saturated rings. The van der Waals surface area contributed by atoms with Crippen LogP contribution in [-0.4, -0.2) is 24.2 Å². The van der Waals surface area contributed by atoms with E-state index in [1.165, 1.54) is 0 Å². The van der Waals surface area contributed by atoms with Crippen molar-refractivity contribution in [2.24, 2.45) is 0 Å². The van der Waals surface area contributed by atoms with E-state index in [4.69, 9.17) is 9.05 Å². The molecule has 0 aliphatic heterocycles. The van der Waals surface area contributed by atoms with Gasteiger partial charge in [-0.15, -0.1) is 0 Å². The van der Waals surface area contributed by atoms with Crippen molar-refractivity contribution < 1.29 is 18.7 Å². The van der Waals surface area contributed by atoms with E-state index in [0.717, 1.165) is 19.3 Å². The Labute approximate surface area is 92.5 Å². The van der Waals surface area contributed by atoms with Gasteiger partial charge >= 0.3 is 7.60 Å². The normalized spacial score (nSPS) is 14.1. The molecule has 0 heterocycles. The van der Waals surface area contributed by atoms with Gasteiger partial charge in [0.2, 0.25) is 0 Å². The molecule has 92 valence electrons. The average molecular weight is 238 g/mol. The first kappa shape index (κ1) is 15.1. The van der Waals surface area contributed by atoms with E-state index in [0.29, 0.717) is 19.6 Å². The van der Waals surface area contributed by atoms with Gasteiger partial charge in [0.15, 0.2) is 5.85 Å². The van der Waals surface area contributed by atoms with Gasteiger partial charge in [0.1, 0.15) is 0 Å². The van der Waals surface area contributed by atoms with E-state index in [9.17, 15) is 9.67 Å². The Morgan fingerprint density at radius 2 is 1.67 bits per heavy atom. The van der Waals surface area contributed by atoms with E-state index in [1.54, 1.807) is 13.8 Å². The lowest BCUT2D eigenvalue weighted by Gasteiger charge is -2.22. The van der Waals surface area contributed by atoms with E-state index < -0.39 is 13.4 Å². The predicted molar refractivity (Wildman–Crippen MR) is 61.0 cm³/mol. The molecule has 1 atom stereocenters. The molecule has 0 radical (unpaired) electrons. The Hall–Kier alpha value is 0.110. The van der Waals surface area contributed by atoms with Crippen LogP contribution in [0.5, 0.6) is 0 Å². The summed E-state index contributed by atoms with van der Waals surface area (Å²) in [6, 6.07) is 0. The first-order valence-electron chi connectivity index (χ1n) is 5.67. The molecule has 1 N–H and O–H groups in total. The molecule has 15 heavy (non-hydrogen) atoms. The maximum absolute atomic E-state index is 12.0. The van der Waals surface area contributed by atoms with E-state index in [-0.39, 0.29) is 0 Å². The number of hydrogen-bond acceptors (Lipinski definition) is 4. The summed E-state index contributed by atoms with van der Waals surface area (Å²) >= 11 is 0. The van der Waals surface area contributed by atoms with Gasteiger partial charge in [-0.05, 0) is 20.3 Å². The zero-order valence-electron chi connectivity index (χ0n) is 9.94. The molecule has 5 heteroatoms. The fourth-order valence-electron chi connectivity index (χ4n) is 1.30. The molecule has 0 saturated carbocycles. The summed E-state index contributed by atoms with van der Waals surface area (Å²) in [4.78, 5) is 0. The van der Waals surface area contributed by atoms with Crippen LogP contribution in [0.15, 0.2) is 0 Å². The molecule has 0 rings (SSSR count). The highest BCUT2D eigenvalue weighted by Crippen LogP contribution is 2.53. The van der Waals surface area contributed by atoms with Crippen molar-refractivity contribution >= 4 is 7.60 Å². The number of aliphatic hydroxyl groups is 1. The number of unbranched alkanes of at least 4 members (excludes halogenated alkanes) is 2. The van der Waals surface area contributed by atoms with Crippen molar-refractivity contribution in [3.05, 3.63) is 0 Å². The Balaban J connectivity index is 4.15. The molecule has 0 spiro atoms. The number of aliphatic hydroxyl groups excluding tert-OH is 1. The van der Waals surface area contributed by atoms with Crippen molar-refractivity contribution in [2.75, 3.05) is 13.2 Å². The number of hydrogen-bond donors (Lipinski definition) is 1. The lowest BCUT2D eigenvalue weighted by Crippen LogP contribution is -2.12. The quantitative estimate of drug-likeness (QED) is 0.495. The Morgan fingerprint density at radius 3 is 2.07 bits per heavy atom. The highest BCUT2D eigenvalue weighted by Gasteiger charge is 2.33. The molecule has 0 bridgehead atoms. The fraction of sp³-hybridized carbons (Fsp3) is 1.00. The zero-order chi connectivity index (χ0) is 11.7. The highest BCUT2D eigenvalue weighted by molar-refractivity contribution is 7.54. The second-order valence-corrected chi connectivity index (χ2v) is 5.54. The van der Waals surface area contributed by atoms with Gasteiger partial charge in [0.25, 0.3) is 0 Å². The fourth-order valence-corrected chi connectivity index (χ4v) is 2.94. The van der Waals surface area contributed by atoms with Gasteiger partial charge in [-0.25, -0.2) is 0 Å². The van der Waals surface area contributed by atoms with Crippen LogP contribution in [0.3, 0.4) is 0 Å². The molecular weight excluding hydrogens is 215 g/mol. The van der Waals surface area contributed by atoms with E-state index in [1.807, 2.05) is 0 Å². The van der Waals surface area contributed by atoms with Gasteiger partial charge in [-0.1, -0.05) is 26.2 Å². The van der Waals surface area contributed by atoms with Gasteiger partial charge < -0.3 is 14.2 Å². The van der Waals surface area contributed by atoms with E-state index in [2.05, 4.69) is 6.92 Å². The van der Waals surface area contributed by atoms with Crippen LogP contribution >= 0.6 is 7.60 Å². The summed E-state index contributed by atoms with van der Waals surface area (Å²) in [7, 11) is -3.30. The molecule has 0 aliphatic carbocycles. The second-order valence-electron chi connectivity index (χ2n) is 3.35. The smallest absolute Gasteiger partial charge is 0.358 e. The summed E-state index contributed by atoms with van der Waals surface area (Å²) in [6.07, 6.45) is 3.42. The molecule has 0 amide bonds. The third-order valence-corrected chi connectivity index (χ3v) is 4.27. The van der Waals surface area contributed by atoms with Crippen LogP contribution in [0, 0.1) is 0 Å². The summed E-state index contributed by atoms with van der Waals surface area (Å²) in [5.74, 6) is -0.982. The first-order valence-corrected chi connectivity index (χ1v) is 7.28. The Kier molecular flexibility index (Phi) is 8.34. The maximum Gasteiger partial charge on any atom is 0.358 e.